The summed E-state index contributed by atoms with van der Waals surface area (Å²) in [5.41, 5.74) is 2.87. The molecule has 1 aliphatic rings. The SMILES string of the molecule is FCc1cnc2c(c1)CNC2. The molecule has 0 saturated heterocycles. The molecule has 1 aromatic rings. The number of fused-ring (bicyclic) bond motifs is 1. The van der Waals surface area contributed by atoms with Gasteiger partial charge >= 0.3 is 0 Å². The number of hydrogen-bond donors (Lipinski definition) is 1. The van der Waals surface area contributed by atoms with Gasteiger partial charge in [0.15, 0.2) is 0 Å². The van der Waals surface area contributed by atoms with Gasteiger partial charge in [0.25, 0.3) is 0 Å². The van der Waals surface area contributed by atoms with E-state index in [0.29, 0.717) is 5.56 Å². The minimum Gasteiger partial charge on any atom is -0.307 e. The molecule has 0 atom stereocenters. The molecule has 1 aromatic heterocycles. The van der Waals surface area contributed by atoms with Crippen LogP contribution in [-0.2, 0) is 19.8 Å². The van der Waals surface area contributed by atoms with Crippen molar-refractivity contribution in [2.75, 3.05) is 0 Å². The molecule has 11 heavy (non-hydrogen) atoms. The van der Waals surface area contributed by atoms with Gasteiger partial charge in [0.2, 0.25) is 0 Å². The van der Waals surface area contributed by atoms with Crippen LogP contribution in [0, 0.1) is 0 Å². The van der Waals surface area contributed by atoms with Gasteiger partial charge in [0, 0.05) is 24.8 Å². The molecule has 3 heteroatoms. The molecule has 1 aliphatic heterocycles. The molecule has 0 radical (unpaired) electrons. The van der Waals surface area contributed by atoms with E-state index in [4.69, 9.17) is 0 Å². The minimum absolute atomic E-state index is 0.416. The average molecular weight is 152 g/mol. The van der Waals surface area contributed by atoms with Crippen molar-refractivity contribution in [3.63, 3.8) is 0 Å². The lowest BCUT2D eigenvalue weighted by Gasteiger charge is -1.97. The van der Waals surface area contributed by atoms with Crippen molar-refractivity contribution < 1.29 is 4.39 Å². The van der Waals surface area contributed by atoms with E-state index in [1.807, 2.05) is 6.07 Å². The van der Waals surface area contributed by atoms with Crippen molar-refractivity contribution in [1.82, 2.24) is 10.3 Å². The number of alkyl halides is 1. The van der Waals surface area contributed by atoms with Crippen molar-refractivity contribution in [2.24, 2.45) is 0 Å². The first-order chi connectivity index (χ1) is 5.40. The number of aromatic nitrogens is 1. The summed E-state index contributed by atoms with van der Waals surface area (Å²) < 4.78 is 12.1. The van der Waals surface area contributed by atoms with Crippen LogP contribution in [0.25, 0.3) is 0 Å². The van der Waals surface area contributed by atoms with Crippen molar-refractivity contribution in [3.05, 3.63) is 29.1 Å². The summed E-state index contributed by atoms with van der Waals surface area (Å²) in [7, 11) is 0. The third-order valence-electron chi connectivity index (χ3n) is 1.88. The normalized spacial score (nSPS) is 15.0. The summed E-state index contributed by atoms with van der Waals surface area (Å²) in [5, 5.41) is 3.15. The van der Waals surface area contributed by atoms with Crippen molar-refractivity contribution in [2.45, 2.75) is 19.8 Å². The van der Waals surface area contributed by atoms with Gasteiger partial charge in [-0.2, -0.15) is 0 Å². The molecule has 0 aromatic carbocycles. The van der Waals surface area contributed by atoms with Gasteiger partial charge in [0.1, 0.15) is 6.67 Å². The zero-order chi connectivity index (χ0) is 7.68. The molecule has 0 bridgehead atoms. The van der Waals surface area contributed by atoms with Gasteiger partial charge in [-0.3, -0.25) is 4.98 Å². The fourth-order valence-corrected chi connectivity index (χ4v) is 1.29. The lowest BCUT2D eigenvalue weighted by molar-refractivity contribution is 0.484. The third-order valence-corrected chi connectivity index (χ3v) is 1.88. The predicted molar refractivity (Wildman–Crippen MR) is 39.6 cm³/mol. The number of nitrogens with zero attached hydrogens (tertiary/aromatic N) is 1. The molecule has 1 N–H and O–H groups in total. The third kappa shape index (κ3) is 1.12. The van der Waals surface area contributed by atoms with Crippen molar-refractivity contribution >= 4 is 0 Å². The standard InChI is InChI=1S/C8H9FN2/c9-2-6-1-7-4-10-5-8(7)11-3-6/h1,3,10H,2,4-5H2. The molecule has 0 amide bonds. The van der Waals surface area contributed by atoms with E-state index in [0.717, 1.165) is 24.3 Å². The Hall–Kier alpha value is -0.960. The highest BCUT2D eigenvalue weighted by Gasteiger charge is 2.10. The lowest BCUT2D eigenvalue weighted by atomic mass is 10.2. The maximum Gasteiger partial charge on any atom is 0.116 e. The zero-order valence-electron chi connectivity index (χ0n) is 6.10. The van der Waals surface area contributed by atoms with Gasteiger partial charge in [-0.1, -0.05) is 0 Å². The van der Waals surface area contributed by atoms with Crippen LogP contribution in [-0.4, -0.2) is 4.98 Å². The van der Waals surface area contributed by atoms with E-state index in [9.17, 15) is 4.39 Å². The Balaban J connectivity index is 2.41. The average Bonchev–Trinajstić information content (AvgIpc) is 2.50. The molecule has 0 unspecified atom stereocenters. The summed E-state index contributed by atoms with van der Waals surface area (Å²) in [6, 6.07) is 1.88. The molecule has 58 valence electrons. The quantitative estimate of drug-likeness (QED) is 0.653. The Morgan fingerprint density at radius 3 is 3.27 bits per heavy atom. The number of hydrogen-bond acceptors (Lipinski definition) is 2. The molecule has 2 heterocycles. The van der Waals surface area contributed by atoms with E-state index in [2.05, 4.69) is 10.3 Å². The second kappa shape index (κ2) is 2.58. The second-order valence-corrected chi connectivity index (χ2v) is 2.69. The van der Waals surface area contributed by atoms with Gasteiger partial charge in [-0.15, -0.1) is 0 Å². The summed E-state index contributed by atoms with van der Waals surface area (Å²) >= 11 is 0. The van der Waals surface area contributed by atoms with Crippen LogP contribution in [0.1, 0.15) is 16.8 Å². The molecular weight excluding hydrogens is 143 g/mol. The largest absolute Gasteiger partial charge is 0.307 e. The van der Waals surface area contributed by atoms with Crippen LogP contribution in [0.2, 0.25) is 0 Å². The summed E-state index contributed by atoms with van der Waals surface area (Å²) in [5.74, 6) is 0. The fraction of sp³-hybridized carbons (Fsp3) is 0.375. The number of nitrogens with one attached hydrogen (secondary N) is 1. The Bertz CT molecular complexity index is 273. The number of pyridine rings is 1. The van der Waals surface area contributed by atoms with Crippen LogP contribution >= 0.6 is 0 Å². The monoisotopic (exact) mass is 152 g/mol. The Morgan fingerprint density at radius 2 is 2.45 bits per heavy atom. The van der Waals surface area contributed by atoms with Gasteiger partial charge in [0.05, 0.1) is 5.69 Å². The highest BCUT2D eigenvalue weighted by molar-refractivity contribution is 5.27. The number of halogens is 1. The Morgan fingerprint density at radius 1 is 1.55 bits per heavy atom. The van der Waals surface area contributed by atoms with Gasteiger partial charge in [-0.25, -0.2) is 4.39 Å². The first kappa shape index (κ1) is 6.73. The van der Waals surface area contributed by atoms with Crippen molar-refractivity contribution in [1.29, 1.82) is 0 Å². The van der Waals surface area contributed by atoms with E-state index in [-0.39, 0.29) is 0 Å². The summed E-state index contributed by atoms with van der Waals surface area (Å²) in [4.78, 5) is 4.13. The molecule has 0 aliphatic carbocycles. The summed E-state index contributed by atoms with van der Waals surface area (Å²) in [6.07, 6.45) is 1.60. The molecule has 2 nitrogen and oxygen atoms in total. The van der Waals surface area contributed by atoms with E-state index in [1.165, 1.54) is 0 Å². The maximum atomic E-state index is 12.1. The highest BCUT2D eigenvalue weighted by atomic mass is 19.1. The first-order valence-corrected chi connectivity index (χ1v) is 3.63. The van der Waals surface area contributed by atoms with Gasteiger partial charge in [-0.05, 0) is 11.6 Å². The lowest BCUT2D eigenvalue weighted by Crippen LogP contribution is -2.00. The predicted octanol–water partition coefficient (Wildman–Crippen LogP) is 1.15. The van der Waals surface area contributed by atoms with Crippen LogP contribution in [0.3, 0.4) is 0 Å². The zero-order valence-corrected chi connectivity index (χ0v) is 6.10. The van der Waals surface area contributed by atoms with Crippen LogP contribution in [0.5, 0.6) is 0 Å². The Kier molecular flexibility index (Phi) is 1.58. The Labute approximate surface area is 64.5 Å². The highest BCUT2D eigenvalue weighted by Crippen LogP contribution is 2.14. The smallest absolute Gasteiger partial charge is 0.116 e. The minimum atomic E-state index is -0.416. The van der Waals surface area contributed by atoms with Crippen LogP contribution < -0.4 is 5.32 Å². The molecule has 0 fully saturated rings. The summed E-state index contributed by atoms with van der Waals surface area (Å²) in [6.45, 7) is 1.23. The second-order valence-electron chi connectivity index (χ2n) is 2.69. The number of rotatable bonds is 1. The van der Waals surface area contributed by atoms with E-state index < -0.39 is 6.67 Å². The van der Waals surface area contributed by atoms with Gasteiger partial charge < -0.3 is 5.32 Å². The fourth-order valence-electron chi connectivity index (χ4n) is 1.29. The van der Waals surface area contributed by atoms with E-state index >= 15 is 0 Å². The molecular formula is C8H9FN2. The topological polar surface area (TPSA) is 24.9 Å². The van der Waals surface area contributed by atoms with Crippen LogP contribution in [0.15, 0.2) is 12.3 Å². The van der Waals surface area contributed by atoms with Crippen LogP contribution in [0.4, 0.5) is 4.39 Å². The van der Waals surface area contributed by atoms with E-state index in [1.54, 1.807) is 6.20 Å². The molecule has 0 spiro atoms. The first-order valence-electron chi connectivity index (χ1n) is 3.63. The maximum absolute atomic E-state index is 12.1. The van der Waals surface area contributed by atoms with Crippen molar-refractivity contribution in [3.8, 4) is 0 Å². The molecule has 2 rings (SSSR count). The molecule has 0 saturated carbocycles.